The molecule has 0 radical (unpaired) electrons. The van der Waals surface area contributed by atoms with E-state index >= 15 is 0 Å². The number of ether oxygens (including phenoxy) is 2. The number of hydrogen-bond acceptors (Lipinski definition) is 7. The highest BCUT2D eigenvalue weighted by atomic mass is 79.9. The van der Waals surface area contributed by atoms with E-state index in [-0.39, 0.29) is 17.4 Å². The molecule has 0 bridgehead atoms. The number of hydrazone groups is 1. The third-order valence-electron chi connectivity index (χ3n) is 6.54. The number of nitrogens with one attached hydrogen (secondary N) is 2. The van der Waals surface area contributed by atoms with Crippen molar-refractivity contribution in [3.63, 3.8) is 0 Å². The fourth-order valence-corrected chi connectivity index (χ4v) is 4.42. The second-order valence-corrected chi connectivity index (χ2v) is 10.7. The number of carbonyl (C=O) groups is 4. The molecule has 47 heavy (non-hydrogen) atoms. The Hall–Kier alpha value is -6.13. The van der Waals surface area contributed by atoms with Crippen molar-refractivity contribution in [1.82, 2.24) is 5.43 Å². The Balaban J connectivity index is 1.17. The summed E-state index contributed by atoms with van der Waals surface area (Å²) < 4.78 is 11.9. The van der Waals surface area contributed by atoms with Crippen LogP contribution in [0.4, 0.5) is 5.69 Å². The maximum Gasteiger partial charge on any atom is 0.343 e. The number of para-hydroxylation sites is 2. The van der Waals surface area contributed by atoms with Crippen LogP contribution < -0.4 is 20.2 Å². The maximum atomic E-state index is 12.7. The van der Waals surface area contributed by atoms with Crippen LogP contribution in [0.15, 0.2) is 143 Å². The summed E-state index contributed by atoms with van der Waals surface area (Å²) in [7, 11) is 0. The van der Waals surface area contributed by atoms with Crippen LogP contribution >= 0.6 is 15.9 Å². The van der Waals surface area contributed by atoms with Gasteiger partial charge in [-0.05, 0) is 84.9 Å². The summed E-state index contributed by atoms with van der Waals surface area (Å²) in [5.74, 6) is -1.45. The summed E-state index contributed by atoms with van der Waals surface area (Å²) in [6.45, 7) is 0. The largest absolute Gasteiger partial charge is 0.423 e. The van der Waals surface area contributed by atoms with E-state index < -0.39 is 17.8 Å². The standard InChI is InChI=1S/C37H26BrN3O6/c38-30-19-14-28(15-20-30)37(45)47-32-12-6-4-8-25(32)18-23-34(42)46-33-13-7-5-11-29(33)24-39-41-36(44)27-16-21-31(22-17-27)40-35(43)26-9-2-1-3-10-26/h1-24H,(H,40,43)(H,41,44)/b23-18+,39-24+. The molecule has 5 rings (SSSR count). The first kappa shape index (κ1) is 32.3. The molecule has 2 amide bonds. The van der Waals surface area contributed by atoms with Gasteiger partial charge in [-0.15, -0.1) is 0 Å². The quantitative estimate of drug-likeness (QED) is 0.0522. The van der Waals surface area contributed by atoms with E-state index in [1.165, 1.54) is 18.4 Å². The van der Waals surface area contributed by atoms with E-state index in [0.717, 1.165) is 4.47 Å². The molecule has 5 aromatic carbocycles. The Bertz CT molecular complexity index is 1960. The van der Waals surface area contributed by atoms with Gasteiger partial charge < -0.3 is 14.8 Å². The zero-order chi connectivity index (χ0) is 33.0. The Morgan fingerprint density at radius 2 is 1.17 bits per heavy atom. The maximum absolute atomic E-state index is 12.7. The first-order valence-electron chi connectivity index (χ1n) is 14.2. The number of anilines is 1. The second-order valence-electron chi connectivity index (χ2n) is 9.82. The van der Waals surface area contributed by atoms with Gasteiger partial charge in [-0.1, -0.05) is 64.5 Å². The fourth-order valence-electron chi connectivity index (χ4n) is 4.16. The third kappa shape index (κ3) is 9.19. The Labute approximate surface area is 278 Å². The molecule has 0 saturated carbocycles. The molecule has 0 aliphatic rings. The minimum atomic E-state index is -0.677. The molecule has 0 atom stereocenters. The van der Waals surface area contributed by atoms with Crippen molar-refractivity contribution in [3.8, 4) is 11.5 Å². The zero-order valence-corrected chi connectivity index (χ0v) is 26.2. The van der Waals surface area contributed by atoms with Gasteiger partial charge in [0.2, 0.25) is 0 Å². The normalized spacial score (nSPS) is 10.8. The number of halogens is 1. The summed E-state index contributed by atoms with van der Waals surface area (Å²) >= 11 is 3.34. The lowest BCUT2D eigenvalue weighted by molar-refractivity contribution is -0.128. The van der Waals surface area contributed by atoms with Crippen molar-refractivity contribution in [2.24, 2.45) is 5.10 Å². The molecule has 0 fully saturated rings. The van der Waals surface area contributed by atoms with E-state index in [9.17, 15) is 19.2 Å². The molecule has 0 aromatic heterocycles. The molecule has 0 saturated heterocycles. The van der Waals surface area contributed by atoms with Gasteiger partial charge in [0, 0.05) is 38.5 Å². The van der Waals surface area contributed by atoms with Gasteiger partial charge in [0.1, 0.15) is 11.5 Å². The monoisotopic (exact) mass is 687 g/mol. The lowest BCUT2D eigenvalue weighted by atomic mass is 10.1. The van der Waals surface area contributed by atoms with E-state index in [1.54, 1.807) is 121 Å². The van der Waals surface area contributed by atoms with Gasteiger partial charge in [0.15, 0.2) is 0 Å². The number of carbonyl (C=O) groups excluding carboxylic acids is 4. The number of hydrogen-bond donors (Lipinski definition) is 2. The molecular weight excluding hydrogens is 662 g/mol. The first-order chi connectivity index (χ1) is 22.9. The van der Waals surface area contributed by atoms with Crippen molar-refractivity contribution in [2.75, 3.05) is 5.32 Å². The highest BCUT2D eigenvalue weighted by Crippen LogP contribution is 2.22. The second kappa shape index (κ2) is 15.7. The molecule has 5 aromatic rings. The summed E-state index contributed by atoms with van der Waals surface area (Å²) in [5, 5.41) is 6.78. The number of benzene rings is 5. The summed E-state index contributed by atoms with van der Waals surface area (Å²) in [6, 6.07) is 35.4. The van der Waals surface area contributed by atoms with Crippen LogP contribution in [0.25, 0.3) is 6.08 Å². The SMILES string of the molecule is O=C(/C=C/c1ccccc1OC(=O)c1ccc(Br)cc1)Oc1ccccc1/C=N/NC(=O)c1ccc(NC(=O)c2ccccc2)cc1. The average molecular weight is 689 g/mol. The lowest BCUT2D eigenvalue weighted by Gasteiger charge is -2.08. The van der Waals surface area contributed by atoms with E-state index in [0.29, 0.717) is 33.5 Å². The summed E-state index contributed by atoms with van der Waals surface area (Å²) in [4.78, 5) is 50.3. The highest BCUT2D eigenvalue weighted by molar-refractivity contribution is 9.10. The number of rotatable bonds is 10. The van der Waals surface area contributed by atoms with Gasteiger partial charge in [-0.25, -0.2) is 15.0 Å². The third-order valence-corrected chi connectivity index (χ3v) is 7.07. The van der Waals surface area contributed by atoms with Crippen LogP contribution in [0.5, 0.6) is 11.5 Å². The molecule has 0 heterocycles. The van der Waals surface area contributed by atoms with Crippen molar-refractivity contribution < 1.29 is 28.7 Å². The molecule has 10 heteroatoms. The zero-order valence-electron chi connectivity index (χ0n) is 24.6. The topological polar surface area (TPSA) is 123 Å². The van der Waals surface area contributed by atoms with E-state index in [2.05, 4.69) is 31.8 Å². The number of esters is 2. The summed E-state index contributed by atoms with van der Waals surface area (Å²) in [5.41, 5.74) is 5.14. The van der Waals surface area contributed by atoms with Crippen molar-refractivity contribution in [3.05, 3.63) is 166 Å². The highest BCUT2D eigenvalue weighted by Gasteiger charge is 2.12. The van der Waals surface area contributed by atoms with Crippen LogP contribution in [0.1, 0.15) is 42.2 Å². The minimum Gasteiger partial charge on any atom is -0.423 e. The van der Waals surface area contributed by atoms with Gasteiger partial charge in [-0.3, -0.25) is 9.59 Å². The van der Waals surface area contributed by atoms with Crippen LogP contribution in [0, 0.1) is 0 Å². The van der Waals surface area contributed by atoms with Crippen LogP contribution in [-0.2, 0) is 4.79 Å². The van der Waals surface area contributed by atoms with Crippen molar-refractivity contribution in [1.29, 1.82) is 0 Å². The van der Waals surface area contributed by atoms with E-state index in [4.69, 9.17) is 9.47 Å². The van der Waals surface area contributed by atoms with E-state index in [1.807, 2.05) is 6.07 Å². The minimum absolute atomic E-state index is 0.216. The Morgan fingerprint density at radius 3 is 1.87 bits per heavy atom. The lowest BCUT2D eigenvalue weighted by Crippen LogP contribution is -2.18. The predicted molar refractivity (Wildman–Crippen MR) is 183 cm³/mol. The molecule has 0 spiro atoms. The average Bonchev–Trinajstić information content (AvgIpc) is 3.09. The molecular formula is C37H26BrN3O6. The van der Waals surface area contributed by atoms with Crippen LogP contribution in [0.3, 0.4) is 0 Å². The summed E-state index contributed by atoms with van der Waals surface area (Å²) in [6.07, 6.45) is 4.06. The molecule has 9 nitrogen and oxygen atoms in total. The van der Waals surface area contributed by atoms with Crippen LogP contribution in [0.2, 0.25) is 0 Å². The Kier molecular flexibility index (Phi) is 10.8. The molecule has 2 N–H and O–H groups in total. The van der Waals surface area contributed by atoms with Gasteiger partial charge >= 0.3 is 11.9 Å². The van der Waals surface area contributed by atoms with Gasteiger partial charge in [-0.2, -0.15) is 5.10 Å². The van der Waals surface area contributed by atoms with Crippen molar-refractivity contribution >= 4 is 57.7 Å². The Morgan fingerprint density at radius 1 is 0.596 bits per heavy atom. The first-order valence-corrected chi connectivity index (χ1v) is 15.0. The van der Waals surface area contributed by atoms with Gasteiger partial charge in [0.25, 0.3) is 11.8 Å². The molecule has 0 aliphatic heterocycles. The fraction of sp³-hybridized carbons (Fsp3) is 0. The predicted octanol–water partition coefficient (Wildman–Crippen LogP) is 7.30. The van der Waals surface area contributed by atoms with Crippen molar-refractivity contribution in [2.45, 2.75) is 0 Å². The number of amides is 2. The smallest absolute Gasteiger partial charge is 0.343 e. The van der Waals surface area contributed by atoms with Gasteiger partial charge in [0.05, 0.1) is 11.8 Å². The number of nitrogens with zero attached hydrogens (tertiary/aromatic N) is 1. The molecule has 232 valence electrons. The molecule has 0 aliphatic carbocycles. The van der Waals surface area contributed by atoms with Crippen LogP contribution in [-0.4, -0.2) is 30.0 Å². The molecule has 0 unspecified atom stereocenters.